The van der Waals surface area contributed by atoms with Crippen molar-refractivity contribution in [1.82, 2.24) is 9.78 Å². The lowest BCUT2D eigenvalue weighted by Crippen LogP contribution is -2.14. The first-order chi connectivity index (χ1) is 13.1. The Balaban J connectivity index is 1.92. The molecule has 7 heteroatoms. The molecule has 0 atom stereocenters. The van der Waals surface area contributed by atoms with Crippen LogP contribution in [-0.2, 0) is 6.42 Å². The number of ether oxygens (including phenoxy) is 2. The van der Waals surface area contributed by atoms with E-state index in [-0.39, 0.29) is 11.7 Å². The first-order valence-corrected chi connectivity index (χ1v) is 8.44. The maximum absolute atomic E-state index is 13.9. The number of anilines is 1. The van der Waals surface area contributed by atoms with Gasteiger partial charge in [-0.2, -0.15) is 5.10 Å². The van der Waals surface area contributed by atoms with Crippen LogP contribution in [0.4, 0.5) is 10.1 Å². The molecule has 0 unspecified atom stereocenters. The molecular formula is C20H20FN3O3. The van der Waals surface area contributed by atoms with Gasteiger partial charge >= 0.3 is 0 Å². The van der Waals surface area contributed by atoms with Crippen LogP contribution in [0, 0.1) is 5.82 Å². The molecule has 140 valence electrons. The molecule has 1 N–H and O–H groups in total. The first kappa shape index (κ1) is 18.4. The van der Waals surface area contributed by atoms with Gasteiger partial charge in [-0.1, -0.05) is 19.1 Å². The Hall–Kier alpha value is -3.35. The molecule has 27 heavy (non-hydrogen) atoms. The molecule has 6 nitrogen and oxygen atoms in total. The molecule has 3 rings (SSSR count). The Morgan fingerprint density at radius 3 is 2.56 bits per heavy atom. The lowest BCUT2D eigenvalue weighted by molar-refractivity contribution is 0.102. The number of para-hydroxylation sites is 2. The van der Waals surface area contributed by atoms with Crippen LogP contribution in [0.5, 0.6) is 11.5 Å². The number of rotatable bonds is 6. The summed E-state index contributed by atoms with van der Waals surface area (Å²) in [6, 6.07) is 11.7. The van der Waals surface area contributed by atoms with Gasteiger partial charge in [0.15, 0.2) is 11.6 Å². The Morgan fingerprint density at radius 1 is 1.15 bits per heavy atom. The maximum atomic E-state index is 13.9. The van der Waals surface area contributed by atoms with E-state index in [0.717, 1.165) is 11.4 Å². The topological polar surface area (TPSA) is 65.4 Å². The largest absolute Gasteiger partial charge is 0.494 e. The van der Waals surface area contributed by atoms with Crippen LogP contribution in [0.3, 0.4) is 0 Å². The number of amides is 1. The summed E-state index contributed by atoms with van der Waals surface area (Å²) >= 11 is 0. The van der Waals surface area contributed by atoms with Crippen LogP contribution in [0.15, 0.2) is 48.7 Å². The molecule has 0 spiro atoms. The molecule has 0 radical (unpaired) electrons. The summed E-state index contributed by atoms with van der Waals surface area (Å²) in [5.74, 6) is -0.140. The summed E-state index contributed by atoms with van der Waals surface area (Å²) in [5, 5.41) is 7.05. The number of methoxy groups -OCH3 is 2. The molecule has 1 heterocycles. The Labute approximate surface area is 156 Å². The standard InChI is InChI=1S/C20H20FN3O3/c1-4-16-14(12-22-24(16)17-7-5-6-8-19(17)27-3)20(25)23-13-9-10-18(26-2)15(21)11-13/h5-12H,4H2,1-3H3,(H,23,25). The number of hydrogen-bond acceptors (Lipinski definition) is 4. The third-order valence-electron chi connectivity index (χ3n) is 4.17. The van der Waals surface area contributed by atoms with E-state index in [1.54, 1.807) is 17.9 Å². The maximum Gasteiger partial charge on any atom is 0.259 e. The zero-order valence-electron chi connectivity index (χ0n) is 15.3. The summed E-state index contributed by atoms with van der Waals surface area (Å²) in [6.45, 7) is 1.94. The van der Waals surface area contributed by atoms with Crippen molar-refractivity contribution in [3.05, 3.63) is 65.7 Å². The monoisotopic (exact) mass is 369 g/mol. The minimum absolute atomic E-state index is 0.117. The summed E-state index contributed by atoms with van der Waals surface area (Å²) in [7, 11) is 2.97. The number of halogens is 1. The number of nitrogens with one attached hydrogen (secondary N) is 1. The van der Waals surface area contributed by atoms with Gasteiger partial charge in [0.05, 0.1) is 31.7 Å². The fourth-order valence-electron chi connectivity index (χ4n) is 2.86. The third kappa shape index (κ3) is 3.62. The normalized spacial score (nSPS) is 10.5. The minimum atomic E-state index is -0.546. The van der Waals surface area contributed by atoms with Crippen LogP contribution in [0.1, 0.15) is 23.0 Å². The highest BCUT2D eigenvalue weighted by Crippen LogP contribution is 2.26. The van der Waals surface area contributed by atoms with E-state index < -0.39 is 5.82 Å². The Morgan fingerprint density at radius 2 is 1.89 bits per heavy atom. The van der Waals surface area contributed by atoms with Crippen LogP contribution in [0.2, 0.25) is 0 Å². The zero-order valence-corrected chi connectivity index (χ0v) is 15.3. The van der Waals surface area contributed by atoms with E-state index in [1.807, 2.05) is 31.2 Å². The van der Waals surface area contributed by atoms with Gasteiger partial charge in [-0.3, -0.25) is 4.79 Å². The van der Waals surface area contributed by atoms with E-state index in [9.17, 15) is 9.18 Å². The van der Waals surface area contributed by atoms with Crippen LogP contribution in [-0.4, -0.2) is 29.9 Å². The smallest absolute Gasteiger partial charge is 0.259 e. The number of benzene rings is 2. The van der Waals surface area contributed by atoms with E-state index in [1.165, 1.54) is 25.4 Å². The SMILES string of the molecule is CCc1c(C(=O)Nc2ccc(OC)c(F)c2)cnn1-c1ccccc1OC. The number of aromatic nitrogens is 2. The van der Waals surface area contributed by atoms with Crippen molar-refractivity contribution in [3.8, 4) is 17.2 Å². The molecule has 3 aromatic rings. The van der Waals surface area contributed by atoms with Crippen molar-refractivity contribution in [2.24, 2.45) is 0 Å². The number of carbonyl (C=O) groups excluding carboxylic acids is 1. The molecule has 1 amide bonds. The molecule has 0 fully saturated rings. The summed E-state index contributed by atoms with van der Waals surface area (Å²) < 4.78 is 25.8. The predicted octanol–water partition coefficient (Wildman–Crippen LogP) is 3.84. The lowest BCUT2D eigenvalue weighted by Gasteiger charge is -2.12. The van der Waals surface area contributed by atoms with E-state index >= 15 is 0 Å². The molecule has 0 bridgehead atoms. The molecule has 0 saturated carbocycles. The summed E-state index contributed by atoms with van der Waals surface area (Å²) in [4.78, 5) is 12.7. The lowest BCUT2D eigenvalue weighted by atomic mass is 10.1. The van der Waals surface area contributed by atoms with Crippen LogP contribution >= 0.6 is 0 Å². The van der Waals surface area contributed by atoms with Gasteiger partial charge in [0.1, 0.15) is 11.4 Å². The Bertz CT molecular complexity index is 969. The Kier molecular flexibility index (Phi) is 5.40. The van der Waals surface area contributed by atoms with Crippen LogP contribution < -0.4 is 14.8 Å². The molecule has 2 aromatic carbocycles. The molecule has 0 aliphatic carbocycles. The van der Waals surface area contributed by atoms with Crippen molar-refractivity contribution in [2.75, 3.05) is 19.5 Å². The van der Waals surface area contributed by atoms with Crippen molar-refractivity contribution >= 4 is 11.6 Å². The van der Waals surface area contributed by atoms with Gasteiger partial charge < -0.3 is 14.8 Å². The second-order valence-corrected chi connectivity index (χ2v) is 5.75. The van der Waals surface area contributed by atoms with Gasteiger partial charge in [0, 0.05) is 11.8 Å². The molecular weight excluding hydrogens is 349 g/mol. The number of nitrogens with zero attached hydrogens (tertiary/aromatic N) is 2. The highest BCUT2D eigenvalue weighted by Gasteiger charge is 2.19. The average Bonchev–Trinajstić information content (AvgIpc) is 3.12. The zero-order chi connectivity index (χ0) is 19.4. The second-order valence-electron chi connectivity index (χ2n) is 5.75. The average molecular weight is 369 g/mol. The highest BCUT2D eigenvalue weighted by molar-refractivity contribution is 6.05. The predicted molar refractivity (Wildman–Crippen MR) is 100 cm³/mol. The first-order valence-electron chi connectivity index (χ1n) is 8.44. The summed E-state index contributed by atoms with van der Waals surface area (Å²) in [5.41, 5.74) is 2.22. The van der Waals surface area contributed by atoms with Gasteiger partial charge in [0.25, 0.3) is 5.91 Å². The van der Waals surface area contributed by atoms with E-state index in [0.29, 0.717) is 23.4 Å². The third-order valence-corrected chi connectivity index (χ3v) is 4.17. The highest BCUT2D eigenvalue weighted by atomic mass is 19.1. The van der Waals surface area contributed by atoms with Crippen molar-refractivity contribution in [1.29, 1.82) is 0 Å². The van der Waals surface area contributed by atoms with Crippen molar-refractivity contribution in [3.63, 3.8) is 0 Å². The molecule has 0 aliphatic rings. The van der Waals surface area contributed by atoms with E-state index in [4.69, 9.17) is 9.47 Å². The van der Waals surface area contributed by atoms with Crippen LogP contribution in [0.25, 0.3) is 5.69 Å². The molecule has 0 saturated heterocycles. The van der Waals surface area contributed by atoms with Crippen molar-refractivity contribution < 1.29 is 18.7 Å². The van der Waals surface area contributed by atoms with E-state index in [2.05, 4.69) is 10.4 Å². The van der Waals surface area contributed by atoms with Gasteiger partial charge in [-0.05, 0) is 30.7 Å². The van der Waals surface area contributed by atoms with Gasteiger partial charge in [-0.15, -0.1) is 0 Å². The molecule has 0 aliphatic heterocycles. The quantitative estimate of drug-likeness (QED) is 0.717. The van der Waals surface area contributed by atoms with Gasteiger partial charge in [0.2, 0.25) is 0 Å². The minimum Gasteiger partial charge on any atom is -0.494 e. The second kappa shape index (κ2) is 7.90. The van der Waals surface area contributed by atoms with Crippen molar-refractivity contribution in [2.45, 2.75) is 13.3 Å². The molecule has 1 aromatic heterocycles. The fourth-order valence-corrected chi connectivity index (χ4v) is 2.86. The summed E-state index contributed by atoms with van der Waals surface area (Å²) in [6.07, 6.45) is 2.08. The number of carbonyl (C=O) groups is 1. The fraction of sp³-hybridized carbons (Fsp3) is 0.200. The number of hydrogen-bond donors (Lipinski definition) is 1. The van der Waals surface area contributed by atoms with Gasteiger partial charge in [-0.25, -0.2) is 9.07 Å².